The molecule has 0 unspecified atom stereocenters. The molecule has 0 N–H and O–H groups in total. The maximum atomic E-state index is 13.1. The van der Waals surface area contributed by atoms with Crippen LogP contribution in [0, 0.1) is 6.92 Å². The van der Waals surface area contributed by atoms with Crippen molar-refractivity contribution in [3.8, 4) is 0 Å². The summed E-state index contributed by atoms with van der Waals surface area (Å²) in [5.74, 6) is -0.0256. The number of carbonyl (C=O) groups is 2. The lowest BCUT2D eigenvalue weighted by Gasteiger charge is -2.34. The number of nitrogens with zero attached hydrogens (tertiary/aromatic N) is 5. The minimum absolute atomic E-state index is 0.00282. The molecule has 3 heterocycles. The molecule has 3 aromatic rings. The van der Waals surface area contributed by atoms with Gasteiger partial charge in [-0.1, -0.05) is 23.8 Å². The SMILES string of the molecule is Cc1cccc(C(=O)N2Cc3ccnn3[C@H](CC(=O)N(C)Cc3ccccn3)C2)c1. The van der Waals surface area contributed by atoms with Crippen molar-refractivity contribution in [1.29, 1.82) is 0 Å². The topological polar surface area (TPSA) is 71.3 Å². The van der Waals surface area contributed by atoms with E-state index in [2.05, 4.69) is 10.1 Å². The molecule has 30 heavy (non-hydrogen) atoms. The molecular weight excluding hydrogens is 378 g/mol. The fraction of sp³-hybridized carbons (Fsp3) is 0.304. The Morgan fingerprint density at radius 1 is 1.13 bits per heavy atom. The minimum atomic E-state index is -0.198. The standard InChI is InChI=1S/C23H25N5O2/c1-17-6-5-7-18(12-17)23(30)27-15-20-9-11-25-28(20)21(16-27)13-22(29)26(2)14-19-8-3-4-10-24-19/h3-12,21H,13-16H2,1-2H3/t21-/m1/s1. The highest BCUT2D eigenvalue weighted by Crippen LogP contribution is 2.25. The molecule has 0 saturated heterocycles. The average molecular weight is 403 g/mol. The van der Waals surface area contributed by atoms with Crippen molar-refractivity contribution in [3.63, 3.8) is 0 Å². The highest BCUT2D eigenvalue weighted by molar-refractivity contribution is 5.94. The first-order valence-electron chi connectivity index (χ1n) is 10.0. The van der Waals surface area contributed by atoms with Crippen molar-refractivity contribution in [2.24, 2.45) is 0 Å². The highest BCUT2D eigenvalue weighted by Gasteiger charge is 2.31. The fourth-order valence-corrected chi connectivity index (χ4v) is 3.83. The Bertz CT molecular complexity index is 1050. The van der Waals surface area contributed by atoms with Gasteiger partial charge in [-0.25, -0.2) is 0 Å². The van der Waals surface area contributed by atoms with Gasteiger partial charge in [0.05, 0.1) is 36.9 Å². The van der Waals surface area contributed by atoms with Gasteiger partial charge in [0.25, 0.3) is 5.91 Å². The quantitative estimate of drug-likeness (QED) is 0.657. The van der Waals surface area contributed by atoms with Crippen LogP contribution in [0.15, 0.2) is 60.9 Å². The first kappa shape index (κ1) is 19.8. The fourth-order valence-electron chi connectivity index (χ4n) is 3.83. The molecule has 1 aromatic carbocycles. The summed E-state index contributed by atoms with van der Waals surface area (Å²) in [4.78, 5) is 33.7. The van der Waals surface area contributed by atoms with Crippen molar-refractivity contribution in [2.45, 2.75) is 32.5 Å². The second-order valence-corrected chi connectivity index (χ2v) is 7.75. The van der Waals surface area contributed by atoms with Crippen molar-refractivity contribution < 1.29 is 9.59 Å². The molecule has 0 saturated carbocycles. The molecule has 0 fully saturated rings. The first-order chi connectivity index (χ1) is 14.5. The minimum Gasteiger partial charge on any atom is -0.340 e. The van der Waals surface area contributed by atoms with E-state index in [1.54, 1.807) is 24.3 Å². The van der Waals surface area contributed by atoms with Crippen molar-refractivity contribution in [2.75, 3.05) is 13.6 Å². The number of pyridine rings is 1. The second kappa shape index (κ2) is 8.49. The number of aryl methyl sites for hydroxylation is 1. The Balaban J connectivity index is 1.48. The zero-order valence-corrected chi connectivity index (χ0v) is 17.2. The Labute approximate surface area is 175 Å². The molecule has 0 bridgehead atoms. The monoisotopic (exact) mass is 403 g/mol. The third kappa shape index (κ3) is 4.25. The molecule has 154 valence electrons. The summed E-state index contributed by atoms with van der Waals surface area (Å²) in [7, 11) is 1.78. The van der Waals surface area contributed by atoms with E-state index >= 15 is 0 Å². The molecule has 1 atom stereocenters. The zero-order chi connectivity index (χ0) is 21.1. The number of hydrogen-bond acceptors (Lipinski definition) is 4. The Morgan fingerprint density at radius 3 is 2.77 bits per heavy atom. The third-order valence-corrected chi connectivity index (χ3v) is 5.40. The van der Waals surface area contributed by atoms with Crippen LogP contribution in [0.2, 0.25) is 0 Å². The van der Waals surface area contributed by atoms with Crippen LogP contribution in [0.25, 0.3) is 0 Å². The summed E-state index contributed by atoms with van der Waals surface area (Å²) in [6.07, 6.45) is 3.72. The highest BCUT2D eigenvalue weighted by atomic mass is 16.2. The normalized spacial score (nSPS) is 15.5. The maximum Gasteiger partial charge on any atom is 0.254 e. The summed E-state index contributed by atoms with van der Waals surface area (Å²) < 4.78 is 1.88. The Kier molecular flexibility index (Phi) is 5.61. The van der Waals surface area contributed by atoms with E-state index in [0.29, 0.717) is 25.2 Å². The predicted molar refractivity (Wildman–Crippen MR) is 113 cm³/mol. The van der Waals surface area contributed by atoms with E-state index in [0.717, 1.165) is 17.0 Å². The van der Waals surface area contributed by atoms with Gasteiger partial charge in [0.15, 0.2) is 0 Å². The molecule has 7 nitrogen and oxygen atoms in total. The second-order valence-electron chi connectivity index (χ2n) is 7.75. The summed E-state index contributed by atoms with van der Waals surface area (Å²) in [5, 5.41) is 4.41. The van der Waals surface area contributed by atoms with Crippen LogP contribution in [-0.2, 0) is 17.9 Å². The number of hydrogen-bond donors (Lipinski definition) is 0. The molecule has 1 aliphatic heterocycles. The maximum absolute atomic E-state index is 13.1. The van der Waals surface area contributed by atoms with Gasteiger partial charge in [0.2, 0.25) is 5.91 Å². The van der Waals surface area contributed by atoms with Gasteiger partial charge in [-0.3, -0.25) is 19.3 Å². The van der Waals surface area contributed by atoms with Gasteiger partial charge in [-0.2, -0.15) is 5.10 Å². The molecular formula is C23H25N5O2. The van der Waals surface area contributed by atoms with Crippen molar-refractivity contribution in [1.82, 2.24) is 24.6 Å². The smallest absolute Gasteiger partial charge is 0.254 e. The van der Waals surface area contributed by atoms with E-state index in [1.807, 2.05) is 65.0 Å². The summed E-state index contributed by atoms with van der Waals surface area (Å²) in [5.41, 5.74) is 3.49. The van der Waals surface area contributed by atoms with Gasteiger partial charge in [-0.15, -0.1) is 0 Å². The number of fused-ring (bicyclic) bond motifs is 1. The zero-order valence-electron chi connectivity index (χ0n) is 17.2. The largest absolute Gasteiger partial charge is 0.340 e. The molecule has 2 amide bonds. The van der Waals surface area contributed by atoms with Crippen LogP contribution in [0.4, 0.5) is 0 Å². The van der Waals surface area contributed by atoms with Gasteiger partial charge < -0.3 is 9.80 Å². The van der Waals surface area contributed by atoms with Crippen LogP contribution in [-0.4, -0.2) is 50.0 Å². The lowest BCUT2D eigenvalue weighted by Crippen LogP contribution is -2.43. The number of rotatable bonds is 5. The molecule has 4 rings (SSSR count). The van der Waals surface area contributed by atoms with Gasteiger partial charge >= 0.3 is 0 Å². The summed E-state index contributed by atoms with van der Waals surface area (Å²) in [6.45, 7) is 3.36. The van der Waals surface area contributed by atoms with Crippen molar-refractivity contribution in [3.05, 3.63) is 83.4 Å². The number of carbonyl (C=O) groups excluding carboxylic acids is 2. The summed E-state index contributed by atoms with van der Waals surface area (Å²) in [6, 6.07) is 15.0. The van der Waals surface area contributed by atoms with Crippen molar-refractivity contribution >= 4 is 11.8 Å². The lowest BCUT2D eigenvalue weighted by molar-refractivity contribution is -0.131. The molecule has 0 aliphatic carbocycles. The van der Waals surface area contributed by atoms with E-state index < -0.39 is 0 Å². The number of amides is 2. The lowest BCUT2D eigenvalue weighted by atomic mass is 10.1. The average Bonchev–Trinajstić information content (AvgIpc) is 3.23. The molecule has 7 heteroatoms. The van der Waals surface area contributed by atoms with Gasteiger partial charge in [0, 0.05) is 31.5 Å². The van der Waals surface area contributed by atoms with Gasteiger partial charge in [-0.05, 0) is 37.3 Å². The first-order valence-corrected chi connectivity index (χ1v) is 10.0. The van der Waals surface area contributed by atoms with Crippen LogP contribution >= 0.6 is 0 Å². The van der Waals surface area contributed by atoms with E-state index in [9.17, 15) is 9.59 Å². The number of aromatic nitrogens is 3. The Morgan fingerprint density at radius 2 is 2.00 bits per heavy atom. The molecule has 0 radical (unpaired) electrons. The molecule has 1 aliphatic rings. The Hall–Kier alpha value is -3.48. The molecule has 0 spiro atoms. The van der Waals surface area contributed by atoms with E-state index in [-0.39, 0.29) is 24.3 Å². The van der Waals surface area contributed by atoms with Crippen LogP contribution in [0.5, 0.6) is 0 Å². The summed E-state index contributed by atoms with van der Waals surface area (Å²) >= 11 is 0. The van der Waals surface area contributed by atoms with Gasteiger partial charge in [0.1, 0.15) is 0 Å². The predicted octanol–water partition coefficient (Wildman–Crippen LogP) is 2.83. The number of benzene rings is 1. The van der Waals surface area contributed by atoms with E-state index in [4.69, 9.17) is 0 Å². The van der Waals surface area contributed by atoms with Crippen LogP contribution < -0.4 is 0 Å². The molecule has 2 aromatic heterocycles. The van der Waals surface area contributed by atoms with Crippen LogP contribution in [0.3, 0.4) is 0 Å². The van der Waals surface area contributed by atoms with E-state index in [1.165, 1.54) is 0 Å². The van der Waals surface area contributed by atoms with Crippen LogP contribution in [0.1, 0.15) is 39.8 Å². The third-order valence-electron chi connectivity index (χ3n) is 5.40.